The van der Waals surface area contributed by atoms with E-state index in [0.29, 0.717) is 18.4 Å². The maximum atomic E-state index is 10.8. The quantitative estimate of drug-likeness (QED) is 0.744. The van der Waals surface area contributed by atoms with Crippen LogP contribution in [0.1, 0.15) is 58.8 Å². The average molecular weight is 241 g/mol. The van der Waals surface area contributed by atoms with Crippen LogP contribution in [0.25, 0.3) is 0 Å². The van der Waals surface area contributed by atoms with Gasteiger partial charge in [-0.3, -0.25) is 4.79 Å². The van der Waals surface area contributed by atoms with Crippen molar-refractivity contribution in [3.63, 3.8) is 0 Å². The van der Waals surface area contributed by atoms with Crippen LogP contribution >= 0.6 is 0 Å². The molecule has 3 heteroatoms. The lowest BCUT2D eigenvalue weighted by molar-refractivity contribution is -0.138. The summed E-state index contributed by atoms with van der Waals surface area (Å²) in [4.78, 5) is 13.3. The number of rotatable bonds is 7. The Morgan fingerprint density at radius 2 is 2.24 bits per heavy atom. The van der Waals surface area contributed by atoms with Gasteiger partial charge in [0.1, 0.15) is 0 Å². The standard InChI is InChI=1S/C14H27NO2/c1-3-5-8-13(4-2)15-9-6-7-12(11-15)10-14(16)17/h12-13H,3-11H2,1-2H3,(H,16,17). The van der Waals surface area contributed by atoms with Gasteiger partial charge in [-0.25, -0.2) is 0 Å². The highest BCUT2D eigenvalue weighted by Gasteiger charge is 2.25. The Kier molecular flexibility index (Phi) is 6.56. The molecule has 3 nitrogen and oxygen atoms in total. The van der Waals surface area contributed by atoms with Crippen LogP contribution in [0.5, 0.6) is 0 Å². The molecule has 1 saturated heterocycles. The van der Waals surface area contributed by atoms with E-state index in [1.807, 2.05) is 0 Å². The molecular formula is C14H27NO2. The highest BCUT2D eigenvalue weighted by Crippen LogP contribution is 2.24. The first-order valence-electron chi connectivity index (χ1n) is 7.13. The Labute approximate surface area is 105 Å². The van der Waals surface area contributed by atoms with Crippen molar-refractivity contribution in [2.24, 2.45) is 5.92 Å². The number of unbranched alkanes of at least 4 members (excludes halogenated alkanes) is 1. The number of carboxylic acids is 1. The topological polar surface area (TPSA) is 40.5 Å². The number of aliphatic carboxylic acids is 1. The number of piperidine rings is 1. The summed E-state index contributed by atoms with van der Waals surface area (Å²) < 4.78 is 0. The van der Waals surface area contributed by atoms with Gasteiger partial charge in [0.2, 0.25) is 0 Å². The van der Waals surface area contributed by atoms with Crippen LogP contribution in [0.15, 0.2) is 0 Å². The Balaban J connectivity index is 2.42. The van der Waals surface area contributed by atoms with E-state index in [9.17, 15) is 4.79 Å². The first-order valence-corrected chi connectivity index (χ1v) is 7.13. The molecule has 1 aliphatic heterocycles. The molecular weight excluding hydrogens is 214 g/mol. The highest BCUT2D eigenvalue weighted by atomic mass is 16.4. The van der Waals surface area contributed by atoms with E-state index >= 15 is 0 Å². The molecule has 2 atom stereocenters. The molecule has 0 aromatic heterocycles. The zero-order chi connectivity index (χ0) is 12.7. The number of carboxylic acid groups (broad SMARTS) is 1. The molecule has 0 aliphatic carbocycles. The fraction of sp³-hybridized carbons (Fsp3) is 0.929. The zero-order valence-corrected chi connectivity index (χ0v) is 11.3. The smallest absolute Gasteiger partial charge is 0.303 e. The van der Waals surface area contributed by atoms with Crippen LogP contribution in [0.3, 0.4) is 0 Å². The third-order valence-electron chi connectivity index (χ3n) is 3.89. The Hall–Kier alpha value is -0.570. The number of nitrogens with zero attached hydrogens (tertiary/aromatic N) is 1. The van der Waals surface area contributed by atoms with Gasteiger partial charge < -0.3 is 10.0 Å². The number of carbonyl (C=O) groups is 1. The summed E-state index contributed by atoms with van der Waals surface area (Å²) in [6.07, 6.45) is 7.61. The molecule has 2 unspecified atom stereocenters. The normalized spacial score (nSPS) is 23.5. The van der Waals surface area contributed by atoms with Crippen molar-refractivity contribution >= 4 is 5.97 Å². The maximum absolute atomic E-state index is 10.8. The minimum atomic E-state index is -0.640. The third-order valence-corrected chi connectivity index (χ3v) is 3.89. The average Bonchev–Trinajstić information content (AvgIpc) is 2.30. The van der Waals surface area contributed by atoms with Crippen LogP contribution in [0.2, 0.25) is 0 Å². The van der Waals surface area contributed by atoms with E-state index in [1.54, 1.807) is 0 Å². The van der Waals surface area contributed by atoms with Gasteiger partial charge in [-0.05, 0) is 38.1 Å². The van der Waals surface area contributed by atoms with Gasteiger partial charge in [-0.2, -0.15) is 0 Å². The van der Waals surface area contributed by atoms with E-state index in [2.05, 4.69) is 18.7 Å². The maximum Gasteiger partial charge on any atom is 0.303 e. The van der Waals surface area contributed by atoms with Crippen LogP contribution in [0.4, 0.5) is 0 Å². The van der Waals surface area contributed by atoms with Crippen molar-refractivity contribution in [3.8, 4) is 0 Å². The highest BCUT2D eigenvalue weighted by molar-refractivity contribution is 5.67. The van der Waals surface area contributed by atoms with Crippen molar-refractivity contribution in [1.82, 2.24) is 4.90 Å². The van der Waals surface area contributed by atoms with Crippen molar-refractivity contribution in [1.29, 1.82) is 0 Å². The lowest BCUT2D eigenvalue weighted by atomic mass is 9.92. The fourth-order valence-corrected chi connectivity index (χ4v) is 2.93. The first kappa shape index (κ1) is 14.5. The summed E-state index contributed by atoms with van der Waals surface area (Å²) in [6.45, 7) is 6.64. The predicted octanol–water partition coefficient (Wildman–Crippen LogP) is 3.14. The second-order valence-corrected chi connectivity index (χ2v) is 5.31. The molecule has 1 fully saturated rings. The molecule has 1 heterocycles. The Bertz CT molecular complexity index is 230. The van der Waals surface area contributed by atoms with Crippen molar-refractivity contribution < 1.29 is 9.90 Å². The van der Waals surface area contributed by atoms with Crippen LogP contribution in [0, 0.1) is 5.92 Å². The van der Waals surface area contributed by atoms with E-state index < -0.39 is 5.97 Å². The molecule has 0 amide bonds. The predicted molar refractivity (Wildman–Crippen MR) is 70.2 cm³/mol. The molecule has 17 heavy (non-hydrogen) atoms. The number of hydrogen-bond acceptors (Lipinski definition) is 2. The van der Waals surface area contributed by atoms with Gasteiger partial charge in [0, 0.05) is 19.0 Å². The van der Waals surface area contributed by atoms with Crippen molar-refractivity contribution in [2.75, 3.05) is 13.1 Å². The summed E-state index contributed by atoms with van der Waals surface area (Å²) >= 11 is 0. The van der Waals surface area contributed by atoms with E-state index in [-0.39, 0.29) is 0 Å². The molecule has 0 spiro atoms. The number of likely N-dealkylation sites (tertiary alicyclic amines) is 1. The van der Waals surface area contributed by atoms with Crippen molar-refractivity contribution in [3.05, 3.63) is 0 Å². The minimum absolute atomic E-state index is 0.348. The largest absolute Gasteiger partial charge is 0.481 e. The monoisotopic (exact) mass is 241 g/mol. The van der Waals surface area contributed by atoms with Crippen LogP contribution in [-0.4, -0.2) is 35.1 Å². The summed E-state index contributed by atoms with van der Waals surface area (Å²) in [6, 6.07) is 0.673. The Morgan fingerprint density at radius 3 is 2.82 bits per heavy atom. The molecule has 100 valence electrons. The second-order valence-electron chi connectivity index (χ2n) is 5.31. The van der Waals surface area contributed by atoms with Gasteiger partial charge >= 0.3 is 5.97 Å². The SMILES string of the molecule is CCCCC(CC)N1CCCC(CC(=O)O)C1. The molecule has 0 aromatic rings. The van der Waals surface area contributed by atoms with E-state index in [0.717, 1.165) is 13.0 Å². The lowest BCUT2D eigenvalue weighted by Crippen LogP contribution is -2.42. The molecule has 1 N–H and O–H groups in total. The van der Waals surface area contributed by atoms with Gasteiger partial charge in [0.15, 0.2) is 0 Å². The molecule has 0 bridgehead atoms. The second kappa shape index (κ2) is 7.70. The van der Waals surface area contributed by atoms with E-state index in [4.69, 9.17) is 5.11 Å². The Morgan fingerprint density at radius 1 is 1.47 bits per heavy atom. The molecule has 0 radical (unpaired) electrons. The molecule has 1 rings (SSSR count). The first-order chi connectivity index (χ1) is 8.17. The zero-order valence-electron chi connectivity index (χ0n) is 11.3. The third kappa shape index (κ3) is 5.07. The molecule has 0 aromatic carbocycles. The summed E-state index contributed by atoms with van der Waals surface area (Å²) in [5.74, 6) is -0.268. The van der Waals surface area contributed by atoms with Gasteiger partial charge in [-0.15, -0.1) is 0 Å². The summed E-state index contributed by atoms with van der Waals surface area (Å²) in [5.41, 5.74) is 0. The lowest BCUT2D eigenvalue weighted by Gasteiger charge is -2.37. The van der Waals surface area contributed by atoms with Gasteiger partial charge in [0.25, 0.3) is 0 Å². The van der Waals surface area contributed by atoms with E-state index in [1.165, 1.54) is 38.6 Å². The minimum Gasteiger partial charge on any atom is -0.481 e. The molecule has 1 aliphatic rings. The summed E-state index contributed by atoms with van der Waals surface area (Å²) in [7, 11) is 0. The van der Waals surface area contributed by atoms with Crippen molar-refractivity contribution in [2.45, 2.75) is 64.8 Å². The van der Waals surface area contributed by atoms with Gasteiger partial charge in [0.05, 0.1) is 0 Å². The number of hydrogen-bond donors (Lipinski definition) is 1. The summed E-state index contributed by atoms with van der Waals surface area (Å²) in [5, 5.41) is 8.87. The van der Waals surface area contributed by atoms with Crippen LogP contribution < -0.4 is 0 Å². The van der Waals surface area contributed by atoms with Crippen LogP contribution in [-0.2, 0) is 4.79 Å². The fourth-order valence-electron chi connectivity index (χ4n) is 2.93. The molecule has 0 saturated carbocycles. The van der Waals surface area contributed by atoms with Gasteiger partial charge in [-0.1, -0.05) is 26.7 Å².